The average Bonchev–Trinajstić information content (AvgIpc) is 3.39. The first kappa shape index (κ1) is 20.3. The van der Waals surface area contributed by atoms with Crippen molar-refractivity contribution in [2.45, 2.75) is 55.5 Å². The molecule has 0 amide bonds. The lowest BCUT2D eigenvalue weighted by Crippen LogP contribution is -2.41. The van der Waals surface area contributed by atoms with Gasteiger partial charge in [-0.25, -0.2) is 24.2 Å². The third-order valence-electron chi connectivity index (χ3n) is 7.04. The van der Waals surface area contributed by atoms with Crippen LogP contribution in [0.15, 0.2) is 24.8 Å². The number of aromatic nitrogens is 4. The Balaban J connectivity index is 1.34. The number of hydrogen-bond acceptors (Lipinski definition) is 7. The summed E-state index contributed by atoms with van der Waals surface area (Å²) in [6, 6.07) is 3.68. The first-order valence-corrected chi connectivity index (χ1v) is 10.8. The van der Waals surface area contributed by atoms with Crippen molar-refractivity contribution in [1.29, 1.82) is 5.26 Å². The standard InChI is InChI=1S/C21H26F2N8/c1-30-10-13(9-27-30)14-6-15-17(7-16(14)22)28-29-20(15)18-8-19(26-12-25-18)31-4-2-21(23,11-24)3-5-31/h8-10,12,14-17,20,28-29H,2-7H2,1H3. The molecule has 0 spiro atoms. The van der Waals surface area contributed by atoms with E-state index in [1.807, 2.05) is 24.2 Å². The number of aryl methyl sites for hydroxylation is 1. The molecule has 5 rings (SSSR count). The molecule has 10 heteroatoms. The molecule has 0 bridgehead atoms. The van der Waals surface area contributed by atoms with E-state index in [0.717, 1.165) is 17.1 Å². The lowest BCUT2D eigenvalue weighted by Gasteiger charge is -2.35. The van der Waals surface area contributed by atoms with Gasteiger partial charge in [0.1, 0.15) is 24.4 Å². The zero-order valence-corrected chi connectivity index (χ0v) is 17.4. The van der Waals surface area contributed by atoms with E-state index in [0.29, 0.717) is 25.9 Å². The molecule has 1 saturated carbocycles. The van der Waals surface area contributed by atoms with Gasteiger partial charge in [0.25, 0.3) is 0 Å². The summed E-state index contributed by atoms with van der Waals surface area (Å²) in [5, 5.41) is 13.2. The number of anilines is 1. The van der Waals surface area contributed by atoms with Gasteiger partial charge in [0.15, 0.2) is 5.67 Å². The van der Waals surface area contributed by atoms with E-state index in [4.69, 9.17) is 5.26 Å². The fourth-order valence-electron chi connectivity index (χ4n) is 5.20. The molecule has 164 valence electrons. The van der Waals surface area contributed by atoms with Crippen LogP contribution in [0.2, 0.25) is 0 Å². The first-order chi connectivity index (χ1) is 15.0. The summed E-state index contributed by atoms with van der Waals surface area (Å²) in [4.78, 5) is 10.9. The van der Waals surface area contributed by atoms with E-state index in [9.17, 15) is 8.78 Å². The number of fused-ring (bicyclic) bond motifs is 1. The average molecular weight is 428 g/mol. The molecule has 5 unspecified atom stereocenters. The third kappa shape index (κ3) is 3.77. The molecule has 0 radical (unpaired) electrons. The molecule has 2 aromatic rings. The minimum atomic E-state index is -1.75. The second-order valence-electron chi connectivity index (χ2n) is 8.94. The summed E-state index contributed by atoms with van der Waals surface area (Å²) in [5.74, 6) is 0.725. The van der Waals surface area contributed by atoms with E-state index in [2.05, 4.69) is 25.9 Å². The molecular formula is C21H26F2N8. The summed E-state index contributed by atoms with van der Waals surface area (Å²) < 4.78 is 30.9. The van der Waals surface area contributed by atoms with Crippen molar-refractivity contribution < 1.29 is 8.78 Å². The molecule has 2 aliphatic heterocycles. The van der Waals surface area contributed by atoms with Crippen LogP contribution in [-0.2, 0) is 7.05 Å². The Morgan fingerprint density at radius 2 is 2.03 bits per heavy atom. The van der Waals surface area contributed by atoms with Crippen LogP contribution in [0.3, 0.4) is 0 Å². The van der Waals surface area contributed by atoms with Gasteiger partial charge in [0.05, 0.1) is 17.9 Å². The van der Waals surface area contributed by atoms with Crippen LogP contribution in [0.5, 0.6) is 0 Å². The van der Waals surface area contributed by atoms with Crippen LogP contribution in [-0.4, -0.2) is 50.7 Å². The Kier molecular flexibility index (Phi) is 5.10. The van der Waals surface area contributed by atoms with E-state index in [-0.39, 0.29) is 36.8 Å². The van der Waals surface area contributed by atoms with Crippen LogP contribution >= 0.6 is 0 Å². The van der Waals surface area contributed by atoms with E-state index in [1.54, 1.807) is 16.9 Å². The number of piperidine rings is 1. The van der Waals surface area contributed by atoms with Crippen molar-refractivity contribution in [3.63, 3.8) is 0 Å². The summed E-state index contributed by atoms with van der Waals surface area (Å²) in [6.45, 7) is 0.880. The van der Waals surface area contributed by atoms with Crippen LogP contribution < -0.4 is 15.8 Å². The van der Waals surface area contributed by atoms with Crippen molar-refractivity contribution in [3.8, 4) is 6.07 Å². The molecule has 2 aromatic heterocycles. The molecular weight excluding hydrogens is 402 g/mol. The molecule has 4 heterocycles. The van der Waals surface area contributed by atoms with Crippen LogP contribution in [0, 0.1) is 17.2 Å². The molecule has 3 fully saturated rings. The highest BCUT2D eigenvalue weighted by Crippen LogP contribution is 2.45. The minimum Gasteiger partial charge on any atom is -0.356 e. The number of hydrogen-bond donors (Lipinski definition) is 2. The van der Waals surface area contributed by atoms with E-state index in [1.165, 1.54) is 6.33 Å². The van der Waals surface area contributed by atoms with Crippen LogP contribution in [0.4, 0.5) is 14.6 Å². The fraction of sp³-hybridized carbons (Fsp3) is 0.619. The molecule has 3 aliphatic rings. The highest BCUT2D eigenvalue weighted by atomic mass is 19.1. The molecule has 2 saturated heterocycles. The van der Waals surface area contributed by atoms with Gasteiger partial charge in [-0.1, -0.05) is 0 Å². The number of rotatable bonds is 3. The Labute approximate surface area is 179 Å². The molecule has 0 aromatic carbocycles. The Morgan fingerprint density at radius 3 is 2.74 bits per heavy atom. The van der Waals surface area contributed by atoms with Gasteiger partial charge in [-0.15, -0.1) is 0 Å². The van der Waals surface area contributed by atoms with Gasteiger partial charge in [-0.2, -0.15) is 10.4 Å². The van der Waals surface area contributed by atoms with E-state index >= 15 is 0 Å². The van der Waals surface area contributed by atoms with Gasteiger partial charge < -0.3 is 4.90 Å². The number of nitrogens with zero attached hydrogens (tertiary/aromatic N) is 6. The first-order valence-electron chi connectivity index (χ1n) is 10.8. The summed E-state index contributed by atoms with van der Waals surface area (Å²) >= 11 is 0. The number of alkyl halides is 2. The summed E-state index contributed by atoms with van der Waals surface area (Å²) in [6.07, 6.45) is 5.72. The van der Waals surface area contributed by atoms with Gasteiger partial charge in [0.2, 0.25) is 0 Å². The Morgan fingerprint density at radius 1 is 1.23 bits per heavy atom. The van der Waals surface area contributed by atoms with Crippen LogP contribution in [0.25, 0.3) is 0 Å². The van der Waals surface area contributed by atoms with Crippen molar-refractivity contribution in [3.05, 3.63) is 36.0 Å². The predicted molar refractivity (Wildman–Crippen MR) is 109 cm³/mol. The maximum Gasteiger partial charge on any atom is 0.199 e. The quantitative estimate of drug-likeness (QED) is 0.773. The molecule has 2 N–H and O–H groups in total. The van der Waals surface area contributed by atoms with Gasteiger partial charge in [0, 0.05) is 57.2 Å². The van der Waals surface area contributed by atoms with Gasteiger partial charge in [-0.05, 0) is 24.3 Å². The molecule has 31 heavy (non-hydrogen) atoms. The number of hydrazine groups is 1. The van der Waals surface area contributed by atoms with Crippen molar-refractivity contribution in [1.82, 2.24) is 30.6 Å². The van der Waals surface area contributed by atoms with Crippen molar-refractivity contribution >= 4 is 5.82 Å². The lowest BCUT2D eigenvalue weighted by atomic mass is 9.72. The Hall–Kier alpha value is -2.64. The normalized spacial score (nSPS) is 32.5. The van der Waals surface area contributed by atoms with E-state index < -0.39 is 11.8 Å². The monoisotopic (exact) mass is 428 g/mol. The highest BCUT2D eigenvalue weighted by molar-refractivity contribution is 5.41. The SMILES string of the molecule is Cn1cc(C2CC3C(CC2F)NNC3c2cc(N3CCC(F)(C#N)CC3)ncn2)cn1. The lowest BCUT2D eigenvalue weighted by molar-refractivity contribution is 0.153. The number of halogens is 2. The molecule has 1 aliphatic carbocycles. The minimum absolute atomic E-state index is 0.0316. The van der Waals surface area contributed by atoms with Crippen molar-refractivity contribution in [2.75, 3.05) is 18.0 Å². The third-order valence-corrected chi connectivity index (χ3v) is 7.04. The predicted octanol–water partition coefficient (Wildman–Crippen LogP) is 2.09. The summed E-state index contributed by atoms with van der Waals surface area (Å²) in [7, 11) is 1.84. The fourth-order valence-corrected chi connectivity index (χ4v) is 5.20. The zero-order chi connectivity index (χ0) is 21.6. The van der Waals surface area contributed by atoms with Gasteiger partial charge in [-0.3, -0.25) is 10.1 Å². The maximum atomic E-state index is 14.9. The maximum absolute atomic E-state index is 14.9. The smallest absolute Gasteiger partial charge is 0.199 e. The second-order valence-corrected chi connectivity index (χ2v) is 8.94. The number of nitriles is 1. The van der Waals surface area contributed by atoms with Crippen molar-refractivity contribution in [2.24, 2.45) is 13.0 Å². The largest absolute Gasteiger partial charge is 0.356 e. The second kappa shape index (κ2) is 7.80. The molecule has 8 nitrogen and oxygen atoms in total. The topological polar surface area (TPSA) is 94.7 Å². The Bertz CT molecular complexity index is 980. The van der Waals surface area contributed by atoms with Gasteiger partial charge >= 0.3 is 0 Å². The summed E-state index contributed by atoms with van der Waals surface area (Å²) in [5.41, 5.74) is 6.60. The van der Waals surface area contributed by atoms with Crippen LogP contribution in [0.1, 0.15) is 48.9 Å². The molecule has 5 atom stereocenters. The number of nitrogens with one attached hydrogen (secondary N) is 2. The highest BCUT2D eigenvalue weighted by Gasteiger charge is 2.46. The zero-order valence-electron chi connectivity index (χ0n) is 17.4.